The summed E-state index contributed by atoms with van der Waals surface area (Å²) >= 11 is 6.36. The van der Waals surface area contributed by atoms with Crippen LogP contribution in [0.1, 0.15) is 77.7 Å². The normalized spacial score (nSPS) is 26.4. The smallest absolute Gasteiger partial charge is 0.408 e. The van der Waals surface area contributed by atoms with Crippen LogP contribution in [-0.4, -0.2) is 84.7 Å². The lowest BCUT2D eigenvalue weighted by Gasteiger charge is -2.36. The summed E-state index contributed by atoms with van der Waals surface area (Å²) in [5, 5.41) is 5.30. The molecule has 1 saturated heterocycles. The molecule has 6 rings (SSSR count). The fraction of sp³-hybridized carbons (Fsp3) is 0.553. The second-order valence-electron chi connectivity index (χ2n) is 15.7. The lowest BCUT2D eigenvalue weighted by Crippen LogP contribution is -2.60. The molecule has 1 aromatic carbocycles. The third-order valence-electron chi connectivity index (χ3n) is 11.0. The number of ether oxygens (including phenoxy) is 2. The average molecular weight is 770 g/mol. The second kappa shape index (κ2) is 14.7. The molecule has 53 heavy (non-hydrogen) atoms. The van der Waals surface area contributed by atoms with Crippen LogP contribution in [0.4, 0.5) is 4.79 Å². The Labute approximate surface area is 315 Å². The van der Waals surface area contributed by atoms with E-state index in [1.807, 2.05) is 30.3 Å². The molecule has 3 N–H and O–H groups in total. The number of aromatic nitrogens is 1. The summed E-state index contributed by atoms with van der Waals surface area (Å²) in [5.41, 5.74) is -1.35. The van der Waals surface area contributed by atoms with Crippen molar-refractivity contribution >= 4 is 45.4 Å². The highest BCUT2D eigenvalue weighted by Gasteiger charge is 2.62. The van der Waals surface area contributed by atoms with Gasteiger partial charge in [0.1, 0.15) is 34.5 Å². The van der Waals surface area contributed by atoms with Gasteiger partial charge in [-0.05, 0) is 73.6 Å². The van der Waals surface area contributed by atoms with Gasteiger partial charge >= 0.3 is 6.09 Å². The second-order valence-corrected chi connectivity index (χ2v) is 18.1. The van der Waals surface area contributed by atoms with Gasteiger partial charge in [0.15, 0.2) is 0 Å². The third kappa shape index (κ3) is 7.95. The summed E-state index contributed by atoms with van der Waals surface area (Å²) < 4.78 is 39.5. The van der Waals surface area contributed by atoms with Crippen molar-refractivity contribution < 1.29 is 37.1 Å². The molecule has 2 heterocycles. The number of carbonyl (C=O) groups is 4. The van der Waals surface area contributed by atoms with Crippen LogP contribution in [0.3, 0.4) is 0 Å². The van der Waals surface area contributed by atoms with E-state index >= 15 is 0 Å². The average Bonchev–Trinajstić information content (AvgIpc) is 4.00. The first kappa shape index (κ1) is 38.7. The molecule has 4 aliphatic rings. The number of methoxy groups -OCH3 is 1. The van der Waals surface area contributed by atoms with Gasteiger partial charge in [-0.15, -0.1) is 6.58 Å². The van der Waals surface area contributed by atoms with Crippen LogP contribution in [0.5, 0.6) is 0 Å². The Morgan fingerprint density at radius 3 is 2.30 bits per heavy atom. The number of pyridine rings is 1. The molecular formula is C38H48ClN5O8S. The zero-order valence-corrected chi connectivity index (χ0v) is 32.1. The summed E-state index contributed by atoms with van der Waals surface area (Å²) in [6.07, 6.45) is 6.62. The predicted octanol–water partition coefficient (Wildman–Crippen LogP) is 4.60. The first-order chi connectivity index (χ1) is 25.0. The highest BCUT2D eigenvalue weighted by atomic mass is 35.5. The zero-order valence-electron chi connectivity index (χ0n) is 30.5. The van der Waals surface area contributed by atoms with Gasteiger partial charge in [0.05, 0.1) is 11.8 Å². The van der Waals surface area contributed by atoms with Crippen molar-refractivity contribution in [2.45, 2.75) is 107 Å². The van der Waals surface area contributed by atoms with Crippen LogP contribution in [0.15, 0.2) is 55.3 Å². The molecule has 0 spiro atoms. The van der Waals surface area contributed by atoms with Gasteiger partial charge in [-0.25, -0.2) is 18.2 Å². The number of nitrogens with zero attached hydrogens (tertiary/aromatic N) is 2. The first-order valence-electron chi connectivity index (χ1n) is 18.1. The molecule has 1 aliphatic heterocycles. The van der Waals surface area contributed by atoms with Crippen LogP contribution < -0.4 is 15.4 Å². The van der Waals surface area contributed by atoms with E-state index in [0.29, 0.717) is 23.6 Å². The minimum Gasteiger partial charge on any atom is -0.446 e. The number of benzene rings is 1. The summed E-state index contributed by atoms with van der Waals surface area (Å²) in [5.74, 6) is -2.57. The van der Waals surface area contributed by atoms with E-state index in [0.717, 1.165) is 36.8 Å². The maximum atomic E-state index is 14.7. The number of sulfonamides is 1. The lowest BCUT2D eigenvalue weighted by molar-refractivity contribution is -0.143. The molecule has 3 saturated carbocycles. The van der Waals surface area contributed by atoms with E-state index in [4.69, 9.17) is 21.1 Å². The van der Waals surface area contributed by atoms with E-state index in [9.17, 15) is 27.6 Å². The quantitative estimate of drug-likeness (QED) is 0.206. The highest BCUT2D eigenvalue weighted by molar-refractivity contribution is 7.91. The van der Waals surface area contributed by atoms with Gasteiger partial charge in [-0.1, -0.05) is 62.7 Å². The number of rotatable bonds is 12. The van der Waals surface area contributed by atoms with E-state index < -0.39 is 73.6 Å². The van der Waals surface area contributed by atoms with Crippen molar-refractivity contribution in [3.05, 3.63) is 66.0 Å². The number of halogens is 1. The number of hydrogen-bond acceptors (Lipinski definition) is 9. The lowest BCUT2D eigenvalue weighted by atomic mass is 9.85. The highest BCUT2D eigenvalue weighted by Crippen LogP contribution is 2.47. The Morgan fingerprint density at radius 1 is 1.06 bits per heavy atom. The van der Waals surface area contributed by atoms with Crippen molar-refractivity contribution in [2.24, 2.45) is 11.3 Å². The topological polar surface area (TPSA) is 173 Å². The predicted molar refractivity (Wildman–Crippen MR) is 198 cm³/mol. The van der Waals surface area contributed by atoms with Crippen molar-refractivity contribution in [3.8, 4) is 11.1 Å². The van der Waals surface area contributed by atoms with Crippen molar-refractivity contribution in [1.29, 1.82) is 0 Å². The number of nitrogens with one attached hydrogen (secondary N) is 3. The van der Waals surface area contributed by atoms with Crippen LogP contribution in [-0.2, 0) is 39.5 Å². The maximum absolute atomic E-state index is 14.7. The van der Waals surface area contributed by atoms with Gasteiger partial charge in [0.2, 0.25) is 21.8 Å². The molecule has 4 amide bonds. The van der Waals surface area contributed by atoms with Gasteiger partial charge in [0.25, 0.3) is 5.91 Å². The number of carbonyl (C=O) groups excluding carboxylic acids is 4. The molecule has 3 aliphatic carbocycles. The molecule has 1 aromatic heterocycles. The molecule has 286 valence electrons. The summed E-state index contributed by atoms with van der Waals surface area (Å²) in [4.78, 5) is 61.4. The molecule has 4 fully saturated rings. The molecule has 0 radical (unpaired) electrons. The Kier molecular flexibility index (Phi) is 10.7. The Morgan fingerprint density at radius 2 is 1.74 bits per heavy atom. The summed E-state index contributed by atoms with van der Waals surface area (Å²) in [6, 6.07) is 8.75. The number of likely N-dealkylation sites (tertiary alicyclic amines) is 1. The standard InChI is InChI=1S/C38H48ClN5O8S/c1-6-24-20-38(24,34(47)43-53(49,50)27-17-18-27)42-32(45)29-21-37(51-5,25-15-13-23(14-16-25)28-12-9-19-40-31(28)39)22-44(29)33(46)30(36(2,3)4)41-35(48)52-26-10-7-8-11-26/h6,9,12-16,19,24,26-27,29-30H,1,7-8,10-11,17-18,20-22H2,2-5H3,(H,41,48)(H,42,45)(H,43,47)/t24-,29+,30-,37+,38-/m1/s1. The van der Waals surface area contributed by atoms with Crippen molar-refractivity contribution in [1.82, 2.24) is 25.2 Å². The van der Waals surface area contributed by atoms with E-state index in [1.165, 1.54) is 18.1 Å². The van der Waals surface area contributed by atoms with Crippen LogP contribution in [0.2, 0.25) is 5.15 Å². The van der Waals surface area contributed by atoms with Gasteiger partial charge in [-0.3, -0.25) is 19.1 Å². The first-order valence-corrected chi connectivity index (χ1v) is 20.0. The van der Waals surface area contributed by atoms with Gasteiger partial charge in [-0.2, -0.15) is 0 Å². The van der Waals surface area contributed by atoms with E-state index in [2.05, 4.69) is 26.9 Å². The molecule has 0 bridgehead atoms. The number of amides is 4. The zero-order chi connectivity index (χ0) is 38.3. The molecule has 13 nitrogen and oxygen atoms in total. The molecule has 2 aromatic rings. The molecule has 5 atom stereocenters. The fourth-order valence-corrected chi connectivity index (χ4v) is 9.10. The molecular weight excluding hydrogens is 722 g/mol. The minimum absolute atomic E-state index is 0.00567. The van der Waals surface area contributed by atoms with E-state index in [-0.39, 0.29) is 25.5 Å². The van der Waals surface area contributed by atoms with Gasteiger partial charge in [0, 0.05) is 31.2 Å². The number of alkyl carbamates (subject to hydrolysis) is 1. The fourth-order valence-electron chi connectivity index (χ4n) is 7.51. The number of hydrogen-bond donors (Lipinski definition) is 3. The Bertz CT molecular complexity index is 1870. The molecule has 15 heteroatoms. The van der Waals surface area contributed by atoms with Crippen LogP contribution >= 0.6 is 11.6 Å². The summed E-state index contributed by atoms with van der Waals surface area (Å²) in [6.45, 7) is 9.14. The summed E-state index contributed by atoms with van der Waals surface area (Å²) in [7, 11) is -2.41. The monoisotopic (exact) mass is 769 g/mol. The van der Waals surface area contributed by atoms with Crippen molar-refractivity contribution in [3.63, 3.8) is 0 Å². The minimum atomic E-state index is -3.91. The Hall–Kier alpha value is -4.01. The van der Waals surface area contributed by atoms with Crippen LogP contribution in [0.25, 0.3) is 11.1 Å². The largest absolute Gasteiger partial charge is 0.446 e. The maximum Gasteiger partial charge on any atom is 0.408 e. The SMILES string of the molecule is C=C[C@@H]1C[C@]1(NC(=O)[C@@H]1C[C@@](OC)(c2ccc(-c3cccnc3Cl)cc2)CN1C(=O)[C@@H](NC(=O)OC1CCCC1)C(C)(C)C)C(=O)NS(=O)(=O)C1CC1. The third-order valence-corrected chi connectivity index (χ3v) is 13.1. The van der Waals surface area contributed by atoms with E-state index in [1.54, 1.807) is 33.0 Å². The van der Waals surface area contributed by atoms with Crippen LogP contribution in [0, 0.1) is 11.3 Å². The molecule has 0 unspecified atom stereocenters. The van der Waals surface area contributed by atoms with Gasteiger partial charge < -0.3 is 25.0 Å². The Balaban J connectivity index is 1.32. The van der Waals surface area contributed by atoms with Crippen molar-refractivity contribution in [2.75, 3.05) is 13.7 Å².